The zero-order chi connectivity index (χ0) is 13.3. The van der Waals surface area contributed by atoms with E-state index in [9.17, 15) is 8.42 Å². The Bertz CT molecular complexity index is 535. The predicted molar refractivity (Wildman–Crippen MR) is 69.7 cm³/mol. The van der Waals surface area contributed by atoms with Gasteiger partial charge in [0.05, 0.1) is 11.5 Å². The summed E-state index contributed by atoms with van der Waals surface area (Å²) in [6, 6.07) is 5.30. The highest BCUT2D eigenvalue weighted by atomic mass is 32.2. The van der Waals surface area contributed by atoms with Crippen LogP contribution in [0.3, 0.4) is 0 Å². The molecular weight excluding hydrogens is 250 g/mol. The standard InChI is InChI=1S/C13H19NO3S/c1-3-11-5-4-10(9-15)8-13(11)18(16,17)14(2)12-6-7-12/h4-5,8,12,15H,3,6-7,9H2,1-2H3. The van der Waals surface area contributed by atoms with Crippen LogP contribution in [0.1, 0.15) is 30.9 Å². The molecule has 100 valence electrons. The van der Waals surface area contributed by atoms with Crippen molar-refractivity contribution < 1.29 is 13.5 Å². The van der Waals surface area contributed by atoms with Crippen molar-refractivity contribution in [1.29, 1.82) is 0 Å². The number of hydrogen-bond donors (Lipinski definition) is 1. The molecule has 18 heavy (non-hydrogen) atoms. The Morgan fingerprint density at radius 2 is 2.06 bits per heavy atom. The van der Waals surface area contributed by atoms with Gasteiger partial charge in [-0.2, -0.15) is 4.31 Å². The van der Waals surface area contributed by atoms with E-state index in [0.717, 1.165) is 18.4 Å². The molecule has 1 N–H and O–H groups in total. The van der Waals surface area contributed by atoms with Crippen LogP contribution >= 0.6 is 0 Å². The third-order valence-corrected chi connectivity index (χ3v) is 5.41. The van der Waals surface area contributed by atoms with Crippen LogP contribution in [0.5, 0.6) is 0 Å². The number of hydrogen-bond acceptors (Lipinski definition) is 3. The molecule has 5 heteroatoms. The second kappa shape index (κ2) is 4.99. The van der Waals surface area contributed by atoms with Crippen LogP contribution in [0.15, 0.2) is 23.1 Å². The molecule has 0 atom stereocenters. The van der Waals surface area contributed by atoms with E-state index in [4.69, 9.17) is 5.11 Å². The number of benzene rings is 1. The second-order valence-corrected chi connectivity index (χ2v) is 6.67. The maximum absolute atomic E-state index is 12.5. The molecular formula is C13H19NO3S. The van der Waals surface area contributed by atoms with Crippen LogP contribution < -0.4 is 0 Å². The van der Waals surface area contributed by atoms with Crippen molar-refractivity contribution in [3.05, 3.63) is 29.3 Å². The molecule has 2 rings (SSSR count). The van der Waals surface area contributed by atoms with Gasteiger partial charge in [-0.15, -0.1) is 0 Å². The van der Waals surface area contributed by atoms with Crippen molar-refractivity contribution in [2.45, 2.75) is 43.7 Å². The summed E-state index contributed by atoms with van der Waals surface area (Å²) in [5.41, 5.74) is 1.44. The fourth-order valence-electron chi connectivity index (χ4n) is 2.02. The van der Waals surface area contributed by atoms with Gasteiger partial charge in [0.2, 0.25) is 10.0 Å². The van der Waals surface area contributed by atoms with E-state index in [2.05, 4.69) is 0 Å². The van der Waals surface area contributed by atoms with Crippen LogP contribution in [0.4, 0.5) is 0 Å². The van der Waals surface area contributed by atoms with Crippen LogP contribution in [0.2, 0.25) is 0 Å². The molecule has 0 radical (unpaired) electrons. The molecule has 1 aliphatic rings. The molecule has 0 bridgehead atoms. The Balaban J connectivity index is 2.47. The summed E-state index contributed by atoms with van der Waals surface area (Å²) in [4.78, 5) is 0.339. The minimum atomic E-state index is -3.43. The molecule has 1 saturated carbocycles. The molecule has 0 unspecified atom stereocenters. The maximum Gasteiger partial charge on any atom is 0.243 e. The van der Waals surface area contributed by atoms with Gasteiger partial charge in [0.25, 0.3) is 0 Å². The van der Waals surface area contributed by atoms with E-state index in [0.29, 0.717) is 16.9 Å². The van der Waals surface area contributed by atoms with Crippen molar-refractivity contribution in [2.75, 3.05) is 7.05 Å². The van der Waals surface area contributed by atoms with Crippen molar-refractivity contribution in [3.63, 3.8) is 0 Å². The van der Waals surface area contributed by atoms with Crippen LogP contribution in [0, 0.1) is 0 Å². The van der Waals surface area contributed by atoms with Crippen LogP contribution in [-0.4, -0.2) is 30.9 Å². The first-order chi connectivity index (χ1) is 8.50. The molecule has 1 aliphatic carbocycles. The van der Waals surface area contributed by atoms with E-state index >= 15 is 0 Å². The van der Waals surface area contributed by atoms with Gasteiger partial charge in [-0.25, -0.2) is 8.42 Å². The lowest BCUT2D eigenvalue weighted by atomic mass is 10.1. The summed E-state index contributed by atoms with van der Waals surface area (Å²) >= 11 is 0. The largest absolute Gasteiger partial charge is 0.392 e. The van der Waals surface area contributed by atoms with Crippen molar-refractivity contribution >= 4 is 10.0 Å². The van der Waals surface area contributed by atoms with Crippen molar-refractivity contribution in [3.8, 4) is 0 Å². The molecule has 0 amide bonds. The SMILES string of the molecule is CCc1ccc(CO)cc1S(=O)(=O)N(C)C1CC1. The van der Waals surface area contributed by atoms with E-state index in [1.165, 1.54) is 4.31 Å². The highest BCUT2D eigenvalue weighted by Crippen LogP contribution is 2.32. The lowest BCUT2D eigenvalue weighted by molar-refractivity contribution is 0.281. The fourth-order valence-corrected chi connectivity index (χ4v) is 3.78. The molecule has 1 aromatic carbocycles. The van der Waals surface area contributed by atoms with Crippen molar-refractivity contribution in [2.24, 2.45) is 0 Å². The van der Waals surface area contributed by atoms with Gasteiger partial charge in [0.1, 0.15) is 0 Å². The van der Waals surface area contributed by atoms with Gasteiger partial charge in [0, 0.05) is 13.1 Å². The Kier molecular flexibility index (Phi) is 3.75. The number of aliphatic hydroxyl groups is 1. The topological polar surface area (TPSA) is 57.6 Å². The Morgan fingerprint density at radius 1 is 1.39 bits per heavy atom. The summed E-state index contributed by atoms with van der Waals surface area (Å²) in [6.07, 6.45) is 2.55. The van der Waals surface area contributed by atoms with Crippen LogP contribution in [-0.2, 0) is 23.1 Å². The summed E-state index contributed by atoms with van der Waals surface area (Å²) < 4.78 is 26.5. The number of aliphatic hydroxyl groups excluding tert-OH is 1. The van der Waals surface area contributed by atoms with E-state index in [1.807, 2.05) is 6.92 Å². The first-order valence-electron chi connectivity index (χ1n) is 6.21. The molecule has 0 aliphatic heterocycles. The van der Waals surface area contributed by atoms with Gasteiger partial charge in [-0.1, -0.05) is 19.1 Å². The normalized spacial score (nSPS) is 16.2. The second-order valence-electron chi connectivity index (χ2n) is 4.71. The minimum absolute atomic E-state index is 0.139. The zero-order valence-corrected chi connectivity index (χ0v) is 11.6. The zero-order valence-electron chi connectivity index (χ0n) is 10.8. The highest BCUT2D eigenvalue weighted by molar-refractivity contribution is 7.89. The van der Waals surface area contributed by atoms with E-state index in [-0.39, 0.29) is 12.6 Å². The fraction of sp³-hybridized carbons (Fsp3) is 0.538. The smallest absolute Gasteiger partial charge is 0.243 e. The predicted octanol–water partition coefficient (Wildman–Crippen LogP) is 1.52. The average Bonchev–Trinajstić information content (AvgIpc) is 3.21. The van der Waals surface area contributed by atoms with E-state index in [1.54, 1.807) is 25.2 Å². The number of sulfonamides is 1. The third-order valence-electron chi connectivity index (χ3n) is 3.41. The number of aryl methyl sites for hydroxylation is 1. The molecule has 0 spiro atoms. The summed E-state index contributed by atoms with van der Waals surface area (Å²) in [5, 5.41) is 9.14. The minimum Gasteiger partial charge on any atom is -0.392 e. The van der Waals surface area contributed by atoms with Crippen LogP contribution in [0.25, 0.3) is 0 Å². The summed E-state index contributed by atoms with van der Waals surface area (Å²) in [7, 11) is -1.79. The lowest BCUT2D eigenvalue weighted by Crippen LogP contribution is -2.29. The first-order valence-corrected chi connectivity index (χ1v) is 7.65. The summed E-state index contributed by atoms with van der Waals surface area (Å²) in [5.74, 6) is 0. The Morgan fingerprint density at radius 3 is 2.56 bits per heavy atom. The molecule has 0 saturated heterocycles. The molecule has 1 aromatic rings. The van der Waals surface area contributed by atoms with Gasteiger partial charge < -0.3 is 5.11 Å². The first kappa shape index (κ1) is 13.5. The number of rotatable bonds is 5. The average molecular weight is 269 g/mol. The van der Waals surface area contributed by atoms with Crippen molar-refractivity contribution in [1.82, 2.24) is 4.31 Å². The van der Waals surface area contributed by atoms with Gasteiger partial charge in [0.15, 0.2) is 0 Å². The summed E-state index contributed by atoms with van der Waals surface area (Å²) in [6.45, 7) is 1.80. The molecule has 1 fully saturated rings. The number of nitrogens with zero attached hydrogens (tertiary/aromatic N) is 1. The van der Waals surface area contributed by atoms with Gasteiger partial charge in [-0.05, 0) is 36.5 Å². The molecule has 4 nitrogen and oxygen atoms in total. The quantitative estimate of drug-likeness (QED) is 0.882. The lowest BCUT2D eigenvalue weighted by Gasteiger charge is -2.19. The highest BCUT2D eigenvalue weighted by Gasteiger charge is 2.35. The van der Waals surface area contributed by atoms with Gasteiger partial charge >= 0.3 is 0 Å². The third kappa shape index (κ3) is 2.43. The maximum atomic E-state index is 12.5. The molecule has 0 heterocycles. The van der Waals surface area contributed by atoms with Gasteiger partial charge in [-0.3, -0.25) is 0 Å². The Hall–Kier alpha value is -0.910. The van der Waals surface area contributed by atoms with E-state index < -0.39 is 10.0 Å². The monoisotopic (exact) mass is 269 g/mol. The Labute approximate surface area is 108 Å². The molecule has 0 aromatic heterocycles.